The summed E-state index contributed by atoms with van der Waals surface area (Å²) in [6.07, 6.45) is 3.17. The highest BCUT2D eigenvalue weighted by molar-refractivity contribution is 5.92. The van der Waals surface area contributed by atoms with Crippen molar-refractivity contribution in [2.24, 2.45) is 0 Å². The lowest BCUT2D eigenvalue weighted by Crippen LogP contribution is -2.11. The van der Waals surface area contributed by atoms with Crippen LogP contribution in [-0.2, 0) is 11.3 Å². The van der Waals surface area contributed by atoms with Crippen molar-refractivity contribution in [2.45, 2.75) is 19.4 Å². The molecule has 1 aliphatic carbocycles. The predicted molar refractivity (Wildman–Crippen MR) is 62.2 cm³/mol. The van der Waals surface area contributed by atoms with E-state index < -0.39 is 0 Å². The average Bonchev–Trinajstić information content (AvgIpc) is 2.73. The summed E-state index contributed by atoms with van der Waals surface area (Å²) in [5.74, 6) is 1.07. The first kappa shape index (κ1) is 10.7. The predicted octanol–water partition coefficient (Wildman–Crippen LogP) is 2.03. The Bertz CT molecular complexity index is 424. The largest absolute Gasteiger partial charge is 0.497 e. The Balaban J connectivity index is 1.94. The molecule has 1 N–H and O–H groups in total. The standard InChI is InChI=1S/C13H15NO2/c1-16-13-4-2-3-10(7-13)9-14-11-5-6-12(15)8-11/h2-4,7-8,14H,5-6,9H2,1H3. The van der Waals surface area contributed by atoms with Gasteiger partial charge in [0.05, 0.1) is 7.11 Å². The highest BCUT2D eigenvalue weighted by Crippen LogP contribution is 2.15. The number of nitrogens with one attached hydrogen (secondary N) is 1. The summed E-state index contributed by atoms with van der Waals surface area (Å²) in [6.45, 7) is 0.732. The van der Waals surface area contributed by atoms with Crippen molar-refractivity contribution in [3.63, 3.8) is 0 Å². The summed E-state index contributed by atoms with van der Waals surface area (Å²) in [7, 11) is 1.66. The van der Waals surface area contributed by atoms with Gasteiger partial charge in [-0.25, -0.2) is 0 Å². The molecule has 0 heterocycles. The monoisotopic (exact) mass is 217 g/mol. The minimum absolute atomic E-state index is 0.216. The molecule has 84 valence electrons. The zero-order valence-electron chi connectivity index (χ0n) is 9.32. The van der Waals surface area contributed by atoms with E-state index in [4.69, 9.17) is 4.74 Å². The van der Waals surface area contributed by atoms with E-state index in [1.165, 1.54) is 0 Å². The van der Waals surface area contributed by atoms with E-state index in [0.29, 0.717) is 6.42 Å². The fourth-order valence-electron chi connectivity index (χ4n) is 1.73. The normalized spacial score (nSPS) is 14.8. The van der Waals surface area contributed by atoms with E-state index in [-0.39, 0.29) is 5.78 Å². The van der Waals surface area contributed by atoms with Crippen LogP contribution in [-0.4, -0.2) is 12.9 Å². The third-order valence-electron chi connectivity index (χ3n) is 2.63. The molecule has 0 spiro atoms. The Morgan fingerprint density at radius 1 is 1.38 bits per heavy atom. The smallest absolute Gasteiger partial charge is 0.157 e. The minimum atomic E-state index is 0.216. The van der Waals surface area contributed by atoms with E-state index >= 15 is 0 Å². The Morgan fingerprint density at radius 2 is 2.25 bits per heavy atom. The molecule has 3 heteroatoms. The van der Waals surface area contributed by atoms with Gasteiger partial charge >= 0.3 is 0 Å². The van der Waals surface area contributed by atoms with Crippen molar-refractivity contribution < 1.29 is 9.53 Å². The molecule has 1 aliphatic rings. The Morgan fingerprint density at radius 3 is 2.94 bits per heavy atom. The Labute approximate surface area is 95.1 Å². The van der Waals surface area contributed by atoms with Gasteiger partial charge in [0.15, 0.2) is 5.78 Å². The summed E-state index contributed by atoms with van der Waals surface area (Å²) >= 11 is 0. The van der Waals surface area contributed by atoms with Crippen LogP contribution in [0.15, 0.2) is 36.0 Å². The molecule has 0 saturated heterocycles. The van der Waals surface area contributed by atoms with Crippen LogP contribution in [0.4, 0.5) is 0 Å². The van der Waals surface area contributed by atoms with Crippen LogP contribution in [0.1, 0.15) is 18.4 Å². The van der Waals surface area contributed by atoms with Crippen LogP contribution in [0, 0.1) is 0 Å². The number of methoxy groups -OCH3 is 1. The zero-order valence-corrected chi connectivity index (χ0v) is 9.32. The van der Waals surface area contributed by atoms with Gasteiger partial charge in [-0.05, 0) is 24.1 Å². The van der Waals surface area contributed by atoms with Gasteiger partial charge in [-0.1, -0.05) is 12.1 Å². The van der Waals surface area contributed by atoms with E-state index in [1.807, 2.05) is 24.3 Å². The topological polar surface area (TPSA) is 38.3 Å². The third kappa shape index (κ3) is 2.63. The van der Waals surface area contributed by atoms with Crippen LogP contribution in [0.2, 0.25) is 0 Å². The highest BCUT2D eigenvalue weighted by atomic mass is 16.5. The summed E-state index contributed by atoms with van der Waals surface area (Å²) in [5, 5.41) is 3.26. The van der Waals surface area contributed by atoms with Gasteiger partial charge in [0, 0.05) is 24.7 Å². The second kappa shape index (κ2) is 4.84. The number of allylic oxidation sites excluding steroid dienone is 2. The molecule has 0 aromatic heterocycles. The van der Waals surface area contributed by atoms with Crippen LogP contribution in [0.5, 0.6) is 5.75 Å². The summed E-state index contributed by atoms with van der Waals surface area (Å²) in [6, 6.07) is 7.91. The first-order valence-electron chi connectivity index (χ1n) is 5.38. The van der Waals surface area contributed by atoms with E-state index in [2.05, 4.69) is 5.32 Å². The number of rotatable bonds is 4. The molecule has 0 fully saturated rings. The number of ether oxygens (including phenoxy) is 1. The number of carbonyl (C=O) groups is 1. The van der Waals surface area contributed by atoms with Gasteiger partial charge in [-0.2, -0.15) is 0 Å². The third-order valence-corrected chi connectivity index (χ3v) is 2.63. The molecule has 0 amide bonds. The fourth-order valence-corrected chi connectivity index (χ4v) is 1.73. The van der Waals surface area contributed by atoms with Crippen molar-refractivity contribution >= 4 is 5.78 Å². The van der Waals surface area contributed by atoms with Crippen LogP contribution in [0.25, 0.3) is 0 Å². The quantitative estimate of drug-likeness (QED) is 0.838. The SMILES string of the molecule is COc1cccc(CNC2=CC(=O)CC2)c1. The molecule has 0 bridgehead atoms. The van der Waals surface area contributed by atoms with Crippen molar-refractivity contribution in [3.05, 3.63) is 41.6 Å². The maximum absolute atomic E-state index is 11.0. The van der Waals surface area contributed by atoms with Crippen LogP contribution in [0.3, 0.4) is 0 Å². The average molecular weight is 217 g/mol. The summed E-state index contributed by atoms with van der Waals surface area (Å²) < 4.78 is 5.15. The van der Waals surface area contributed by atoms with Crippen molar-refractivity contribution in [3.8, 4) is 5.75 Å². The lowest BCUT2D eigenvalue weighted by Gasteiger charge is -2.07. The van der Waals surface area contributed by atoms with Crippen LogP contribution < -0.4 is 10.1 Å². The Kier molecular flexibility index (Phi) is 3.25. The number of ketones is 1. The molecule has 1 aromatic rings. The molecule has 3 nitrogen and oxygen atoms in total. The van der Waals surface area contributed by atoms with Gasteiger partial charge in [0.2, 0.25) is 0 Å². The number of benzene rings is 1. The van der Waals surface area contributed by atoms with Crippen LogP contribution >= 0.6 is 0 Å². The van der Waals surface area contributed by atoms with E-state index in [0.717, 1.165) is 30.0 Å². The molecule has 2 rings (SSSR count). The maximum atomic E-state index is 11.0. The number of hydrogen-bond acceptors (Lipinski definition) is 3. The molecule has 1 aromatic carbocycles. The van der Waals surface area contributed by atoms with E-state index in [9.17, 15) is 4.79 Å². The second-order valence-corrected chi connectivity index (χ2v) is 3.84. The van der Waals surface area contributed by atoms with E-state index in [1.54, 1.807) is 13.2 Å². The lowest BCUT2D eigenvalue weighted by atomic mass is 10.2. The molecular formula is C13H15NO2. The molecule has 0 radical (unpaired) electrons. The van der Waals surface area contributed by atoms with Crippen molar-refractivity contribution in [1.29, 1.82) is 0 Å². The molecular weight excluding hydrogens is 202 g/mol. The Hall–Kier alpha value is -1.77. The van der Waals surface area contributed by atoms with Gasteiger partial charge in [0.25, 0.3) is 0 Å². The molecule has 0 atom stereocenters. The lowest BCUT2D eigenvalue weighted by molar-refractivity contribution is -0.114. The molecule has 0 unspecified atom stereocenters. The zero-order chi connectivity index (χ0) is 11.4. The van der Waals surface area contributed by atoms with Gasteiger partial charge in [-0.15, -0.1) is 0 Å². The second-order valence-electron chi connectivity index (χ2n) is 3.84. The van der Waals surface area contributed by atoms with Gasteiger partial charge < -0.3 is 10.1 Å². The van der Waals surface area contributed by atoms with Gasteiger partial charge in [-0.3, -0.25) is 4.79 Å². The summed E-state index contributed by atoms with van der Waals surface area (Å²) in [5.41, 5.74) is 2.19. The minimum Gasteiger partial charge on any atom is -0.497 e. The number of hydrogen-bond donors (Lipinski definition) is 1. The molecule has 0 saturated carbocycles. The first-order valence-corrected chi connectivity index (χ1v) is 5.38. The van der Waals surface area contributed by atoms with Crippen molar-refractivity contribution in [2.75, 3.05) is 7.11 Å². The molecule has 0 aliphatic heterocycles. The summed E-state index contributed by atoms with van der Waals surface area (Å²) in [4.78, 5) is 11.0. The first-order chi connectivity index (χ1) is 7.78. The fraction of sp³-hybridized carbons (Fsp3) is 0.308. The number of carbonyl (C=O) groups excluding carboxylic acids is 1. The van der Waals surface area contributed by atoms with Gasteiger partial charge in [0.1, 0.15) is 5.75 Å². The van der Waals surface area contributed by atoms with Crippen molar-refractivity contribution in [1.82, 2.24) is 5.32 Å². The molecule has 16 heavy (non-hydrogen) atoms. The maximum Gasteiger partial charge on any atom is 0.157 e. The highest BCUT2D eigenvalue weighted by Gasteiger charge is 2.10.